The summed E-state index contributed by atoms with van der Waals surface area (Å²) in [6.45, 7) is 9.35. The third-order valence-electron chi connectivity index (χ3n) is 3.77. The van der Waals surface area contributed by atoms with Crippen LogP contribution in [0.4, 0.5) is 0 Å². The van der Waals surface area contributed by atoms with Crippen molar-refractivity contribution in [2.24, 2.45) is 10.9 Å². The molecule has 1 aromatic carbocycles. The standard InChI is InChI=1S/C19H33N3O2/c1-4-6-17(11-13-23)15-22-19(20-5-2)21-12-14-24-18-9-7-16(3)8-10-18/h7-10,17,23H,4-6,11-15H2,1-3H3,(H2,20,21,22). The number of nitrogens with one attached hydrogen (secondary N) is 2. The fourth-order valence-corrected chi connectivity index (χ4v) is 2.45. The predicted molar refractivity (Wildman–Crippen MR) is 101 cm³/mol. The van der Waals surface area contributed by atoms with E-state index in [0.29, 0.717) is 19.1 Å². The van der Waals surface area contributed by atoms with Crippen molar-refractivity contribution in [1.29, 1.82) is 0 Å². The molecular weight excluding hydrogens is 302 g/mol. The van der Waals surface area contributed by atoms with E-state index in [9.17, 15) is 0 Å². The Balaban J connectivity index is 2.38. The van der Waals surface area contributed by atoms with Crippen molar-refractivity contribution >= 4 is 5.96 Å². The van der Waals surface area contributed by atoms with Gasteiger partial charge in [-0.25, -0.2) is 0 Å². The molecule has 5 nitrogen and oxygen atoms in total. The molecule has 0 heterocycles. The summed E-state index contributed by atoms with van der Waals surface area (Å²) in [5.41, 5.74) is 1.23. The zero-order valence-electron chi connectivity index (χ0n) is 15.3. The van der Waals surface area contributed by atoms with Crippen LogP contribution in [-0.2, 0) is 0 Å². The molecule has 0 saturated heterocycles. The predicted octanol–water partition coefficient (Wildman–Crippen LogP) is 2.73. The Morgan fingerprint density at radius 3 is 2.54 bits per heavy atom. The minimum Gasteiger partial charge on any atom is -0.492 e. The Hall–Kier alpha value is -1.75. The third-order valence-corrected chi connectivity index (χ3v) is 3.77. The first kappa shape index (κ1) is 20.3. The molecule has 1 aromatic rings. The smallest absolute Gasteiger partial charge is 0.191 e. The summed E-state index contributed by atoms with van der Waals surface area (Å²) in [5, 5.41) is 15.7. The molecule has 0 aromatic heterocycles. The van der Waals surface area contributed by atoms with Gasteiger partial charge in [-0.3, -0.25) is 4.99 Å². The molecule has 1 atom stereocenters. The first-order chi connectivity index (χ1) is 11.7. The van der Waals surface area contributed by atoms with Crippen molar-refractivity contribution in [2.45, 2.75) is 40.0 Å². The van der Waals surface area contributed by atoms with Gasteiger partial charge in [-0.05, 0) is 44.7 Å². The summed E-state index contributed by atoms with van der Waals surface area (Å²) in [6, 6.07) is 8.06. The Bertz CT molecular complexity index is 454. The summed E-state index contributed by atoms with van der Waals surface area (Å²) in [6.07, 6.45) is 3.03. The molecule has 0 bridgehead atoms. The van der Waals surface area contributed by atoms with Gasteiger partial charge in [0, 0.05) is 19.7 Å². The fourth-order valence-electron chi connectivity index (χ4n) is 2.45. The Morgan fingerprint density at radius 2 is 1.92 bits per heavy atom. The van der Waals surface area contributed by atoms with Crippen molar-refractivity contribution in [1.82, 2.24) is 10.6 Å². The Labute approximate surface area is 146 Å². The highest BCUT2D eigenvalue weighted by Crippen LogP contribution is 2.11. The van der Waals surface area contributed by atoms with Crippen LogP contribution in [0.5, 0.6) is 5.75 Å². The lowest BCUT2D eigenvalue weighted by Gasteiger charge is -2.15. The minimum absolute atomic E-state index is 0.231. The highest BCUT2D eigenvalue weighted by atomic mass is 16.5. The van der Waals surface area contributed by atoms with Gasteiger partial charge in [-0.1, -0.05) is 31.0 Å². The summed E-state index contributed by atoms with van der Waals surface area (Å²) in [7, 11) is 0. The van der Waals surface area contributed by atoms with E-state index in [4.69, 9.17) is 9.84 Å². The quantitative estimate of drug-likeness (QED) is 0.330. The summed E-state index contributed by atoms with van der Waals surface area (Å²) >= 11 is 0. The third kappa shape index (κ3) is 8.77. The first-order valence-corrected chi connectivity index (χ1v) is 9.02. The summed E-state index contributed by atoms with van der Waals surface area (Å²) in [4.78, 5) is 4.63. The highest BCUT2D eigenvalue weighted by molar-refractivity contribution is 5.79. The van der Waals surface area contributed by atoms with Crippen molar-refractivity contribution in [2.75, 3.05) is 32.8 Å². The average molecular weight is 335 g/mol. The minimum atomic E-state index is 0.231. The number of nitrogens with zero attached hydrogens (tertiary/aromatic N) is 1. The monoisotopic (exact) mass is 335 g/mol. The molecule has 0 saturated carbocycles. The van der Waals surface area contributed by atoms with E-state index in [0.717, 1.165) is 44.1 Å². The number of aryl methyl sites for hydroxylation is 1. The average Bonchev–Trinajstić information content (AvgIpc) is 2.58. The summed E-state index contributed by atoms with van der Waals surface area (Å²) in [5.74, 6) is 2.14. The zero-order chi connectivity index (χ0) is 17.6. The van der Waals surface area contributed by atoms with Gasteiger partial charge in [0.05, 0.1) is 6.54 Å². The van der Waals surface area contributed by atoms with E-state index in [2.05, 4.69) is 36.4 Å². The number of ether oxygens (including phenoxy) is 1. The van der Waals surface area contributed by atoms with Crippen LogP contribution in [0.25, 0.3) is 0 Å². The first-order valence-electron chi connectivity index (χ1n) is 9.02. The van der Waals surface area contributed by atoms with Crippen LogP contribution in [0.2, 0.25) is 0 Å². The number of benzene rings is 1. The number of hydrogen-bond donors (Lipinski definition) is 3. The van der Waals surface area contributed by atoms with Crippen LogP contribution in [0.3, 0.4) is 0 Å². The van der Waals surface area contributed by atoms with E-state index in [1.165, 1.54) is 5.56 Å². The van der Waals surface area contributed by atoms with Crippen LogP contribution in [0.1, 0.15) is 38.7 Å². The second-order valence-electron chi connectivity index (χ2n) is 5.97. The molecule has 5 heteroatoms. The molecular formula is C19H33N3O2. The van der Waals surface area contributed by atoms with Gasteiger partial charge in [0.25, 0.3) is 0 Å². The van der Waals surface area contributed by atoms with Crippen molar-refractivity contribution in [3.63, 3.8) is 0 Å². The SMILES string of the molecule is CCCC(CCO)CN=C(NCC)NCCOc1ccc(C)cc1. The normalized spacial score (nSPS) is 12.8. The van der Waals surface area contributed by atoms with Crippen molar-refractivity contribution in [3.05, 3.63) is 29.8 Å². The van der Waals surface area contributed by atoms with E-state index < -0.39 is 0 Å². The van der Waals surface area contributed by atoms with Crippen LogP contribution in [0.15, 0.2) is 29.3 Å². The van der Waals surface area contributed by atoms with E-state index in [-0.39, 0.29) is 6.61 Å². The lowest BCUT2D eigenvalue weighted by atomic mass is 10.0. The van der Waals surface area contributed by atoms with Gasteiger partial charge in [0.15, 0.2) is 5.96 Å². The van der Waals surface area contributed by atoms with Gasteiger partial charge in [-0.15, -0.1) is 0 Å². The van der Waals surface area contributed by atoms with Gasteiger partial charge < -0.3 is 20.5 Å². The van der Waals surface area contributed by atoms with Gasteiger partial charge >= 0.3 is 0 Å². The zero-order valence-corrected chi connectivity index (χ0v) is 15.3. The molecule has 0 aliphatic heterocycles. The maximum Gasteiger partial charge on any atom is 0.191 e. The van der Waals surface area contributed by atoms with Gasteiger partial charge in [-0.2, -0.15) is 0 Å². The maximum absolute atomic E-state index is 9.13. The summed E-state index contributed by atoms with van der Waals surface area (Å²) < 4.78 is 5.71. The Morgan fingerprint density at radius 1 is 1.17 bits per heavy atom. The van der Waals surface area contributed by atoms with Crippen LogP contribution < -0.4 is 15.4 Å². The van der Waals surface area contributed by atoms with Crippen LogP contribution >= 0.6 is 0 Å². The molecule has 0 aliphatic carbocycles. The lowest BCUT2D eigenvalue weighted by molar-refractivity contribution is 0.253. The van der Waals surface area contributed by atoms with E-state index in [1.807, 2.05) is 24.3 Å². The lowest BCUT2D eigenvalue weighted by Crippen LogP contribution is -2.39. The topological polar surface area (TPSA) is 65.9 Å². The fraction of sp³-hybridized carbons (Fsp3) is 0.632. The number of aliphatic hydroxyl groups excluding tert-OH is 1. The molecule has 136 valence electrons. The van der Waals surface area contributed by atoms with Gasteiger partial charge in [0.2, 0.25) is 0 Å². The van der Waals surface area contributed by atoms with Crippen LogP contribution in [0, 0.1) is 12.8 Å². The number of aliphatic imine (C=N–C) groups is 1. The second-order valence-corrected chi connectivity index (χ2v) is 5.97. The molecule has 24 heavy (non-hydrogen) atoms. The van der Waals surface area contributed by atoms with Crippen molar-refractivity contribution < 1.29 is 9.84 Å². The van der Waals surface area contributed by atoms with Crippen molar-refractivity contribution in [3.8, 4) is 5.75 Å². The molecule has 0 spiro atoms. The van der Waals surface area contributed by atoms with E-state index >= 15 is 0 Å². The molecule has 3 N–H and O–H groups in total. The van der Waals surface area contributed by atoms with E-state index in [1.54, 1.807) is 0 Å². The molecule has 0 amide bonds. The maximum atomic E-state index is 9.13. The molecule has 1 rings (SSSR count). The van der Waals surface area contributed by atoms with Crippen LogP contribution in [-0.4, -0.2) is 43.9 Å². The number of hydrogen-bond acceptors (Lipinski definition) is 3. The Kier molecular flexibility index (Phi) is 10.7. The molecule has 0 radical (unpaired) electrons. The molecule has 0 fully saturated rings. The highest BCUT2D eigenvalue weighted by Gasteiger charge is 2.07. The number of aliphatic hydroxyl groups is 1. The number of rotatable bonds is 11. The van der Waals surface area contributed by atoms with Gasteiger partial charge in [0.1, 0.15) is 12.4 Å². The largest absolute Gasteiger partial charge is 0.492 e. The second kappa shape index (κ2) is 12.6. The number of guanidine groups is 1. The molecule has 0 aliphatic rings. The molecule has 1 unspecified atom stereocenters.